The van der Waals surface area contributed by atoms with Gasteiger partial charge in [0.15, 0.2) is 0 Å². The van der Waals surface area contributed by atoms with Crippen molar-refractivity contribution < 1.29 is 9.53 Å². The SMILES string of the molecule is CC1(C(=O)Cl)COC1. The zero-order valence-electron chi connectivity index (χ0n) is 4.61. The van der Waals surface area contributed by atoms with Crippen LogP contribution in [0.15, 0.2) is 0 Å². The minimum Gasteiger partial charge on any atom is -0.379 e. The summed E-state index contributed by atoms with van der Waals surface area (Å²) >= 11 is 5.20. The van der Waals surface area contributed by atoms with Crippen molar-refractivity contribution in [2.24, 2.45) is 5.41 Å². The molecule has 1 heterocycles. The summed E-state index contributed by atoms with van der Waals surface area (Å²) in [4.78, 5) is 10.4. The number of ether oxygens (including phenoxy) is 1. The molecule has 1 saturated heterocycles. The van der Waals surface area contributed by atoms with E-state index in [1.54, 1.807) is 6.92 Å². The van der Waals surface area contributed by atoms with E-state index in [0.717, 1.165) is 0 Å². The molecule has 0 amide bonds. The maximum Gasteiger partial charge on any atom is 0.232 e. The van der Waals surface area contributed by atoms with Crippen LogP contribution in [-0.4, -0.2) is 18.5 Å². The van der Waals surface area contributed by atoms with Crippen LogP contribution in [0.1, 0.15) is 6.92 Å². The molecular weight excluding hydrogens is 128 g/mol. The second kappa shape index (κ2) is 1.71. The van der Waals surface area contributed by atoms with Crippen molar-refractivity contribution >= 4 is 16.8 Å². The minimum absolute atomic E-state index is 0.288. The largest absolute Gasteiger partial charge is 0.379 e. The molecule has 0 saturated carbocycles. The van der Waals surface area contributed by atoms with Crippen LogP contribution in [0.4, 0.5) is 0 Å². The van der Waals surface area contributed by atoms with Crippen LogP contribution in [-0.2, 0) is 9.53 Å². The molecule has 0 spiro atoms. The van der Waals surface area contributed by atoms with Gasteiger partial charge >= 0.3 is 0 Å². The molecule has 0 aromatic carbocycles. The van der Waals surface area contributed by atoms with Gasteiger partial charge in [-0.05, 0) is 18.5 Å². The quantitative estimate of drug-likeness (QED) is 0.496. The van der Waals surface area contributed by atoms with Crippen molar-refractivity contribution in [3.05, 3.63) is 0 Å². The van der Waals surface area contributed by atoms with Gasteiger partial charge < -0.3 is 4.74 Å². The van der Waals surface area contributed by atoms with Crippen LogP contribution >= 0.6 is 11.6 Å². The molecule has 0 aromatic heterocycles. The molecule has 1 rings (SSSR count). The number of carbonyl (C=O) groups excluding carboxylic acids is 1. The van der Waals surface area contributed by atoms with E-state index in [1.165, 1.54) is 0 Å². The lowest BCUT2D eigenvalue weighted by atomic mass is 9.91. The zero-order valence-corrected chi connectivity index (χ0v) is 5.36. The summed E-state index contributed by atoms with van der Waals surface area (Å²) in [5, 5.41) is -0.288. The fourth-order valence-electron chi connectivity index (χ4n) is 0.522. The monoisotopic (exact) mass is 134 g/mol. The van der Waals surface area contributed by atoms with Crippen molar-refractivity contribution in [1.82, 2.24) is 0 Å². The topological polar surface area (TPSA) is 26.3 Å². The molecule has 1 aliphatic heterocycles. The third-order valence-electron chi connectivity index (χ3n) is 1.32. The lowest BCUT2D eigenvalue weighted by Gasteiger charge is -2.33. The fraction of sp³-hybridized carbons (Fsp3) is 0.800. The second-order valence-electron chi connectivity index (χ2n) is 2.33. The van der Waals surface area contributed by atoms with E-state index in [-0.39, 0.29) is 10.7 Å². The first-order valence-electron chi connectivity index (χ1n) is 2.43. The summed E-state index contributed by atoms with van der Waals surface area (Å²) in [6, 6.07) is 0. The summed E-state index contributed by atoms with van der Waals surface area (Å²) < 4.78 is 4.79. The predicted octanol–water partition coefficient (Wildman–Crippen LogP) is 0.788. The molecule has 8 heavy (non-hydrogen) atoms. The van der Waals surface area contributed by atoms with Gasteiger partial charge in [0.05, 0.1) is 18.6 Å². The van der Waals surface area contributed by atoms with E-state index in [4.69, 9.17) is 16.3 Å². The van der Waals surface area contributed by atoms with Gasteiger partial charge in [0.25, 0.3) is 0 Å². The molecule has 0 aliphatic carbocycles. The van der Waals surface area contributed by atoms with Gasteiger partial charge in [-0.15, -0.1) is 0 Å². The smallest absolute Gasteiger partial charge is 0.232 e. The third kappa shape index (κ3) is 0.740. The number of hydrogen-bond acceptors (Lipinski definition) is 2. The molecule has 46 valence electrons. The normalized spacial score (nSPS) is 24.2. The van der Waals surface area contributed by atoms with Crippen LogP contribution in [0.3, 0.4) is 0 Å². The van der Waals surface area contributed by atoms with E-state index in [9.17, 15) is 4.79 Å². The third-order valence-corrected chi connectivity index (χ3v) is 1.77. The highest BCUT2D eigenvalue weighted by molar-refractivity contribution is 6.64. The van der Waals surface area contributed by atoms with Crippen molar-refractivity contribution in [3.63, 3.8) is 0 Å². The van der Waals surface area contributed by atoms with E-state index in [2.05, 4.69) is 0 Å². The summed E-state index contributed by atoms with van der Waals surface area (Å²) in [5.74, 6) is 0. The Kier molecular flexibility index (Phi) is 1.29. The molecule has 0 N–H and O–H groups in total. The Morgan fingerprint density at radius 3 is 2.25 bits per heavy atom. The average molecular weight is 135 g/mol. The lowest BCUT2D eigenvalue weighted by Crippen LogP contribution is -2.44. The first-order valence-corrected chi connectivity index (χ1v) is 2.81. The van der Waals surface area contributed by atoms with Gasteiger partial charge in [-0.2, -0.15) is 0 Å². The average Bonchev–Trinajstić information content (AvgIpc) is 1.60. The van der Waals surface area contributed by atoms with E-state index >= 15 is 0 Å². The van der Waals surface area contributed by atoms with Crippen LogP contribution < -0.4 is 0 Å². The molecule has 3 heteroatoms. The van der Waals surface area contributed by atoms with Gasteiger partial charge in [-0.25, -0.2) is 0 Å². The Labute approximate surface area is 52.8 Å². The van der Waals surface area contributed by atoms with Crippen LogP contribution in [0.25, 0.3) is 0 Å². The first kappa shape index (κ1) is 6.05. The molecule has 2 nitrogen and oxygen atoms in total. The van der Waals surface area contributed by atoms with Crippen LogP contribution in [0.2, 0.25) is 0 Å². The molecule has 1 aliphatic rings. The molecule has 0 radical (unpaired) electrons. The molecule has 0 atom stereocenters. The first-order chi connectivity index (χ1) is 3.65. The van der Waals surface area contributed by atoms with Crippen molar-refractivity contribution in [1.29, 1.82) is 0 Å². The number of rotatable bonds is 1. The van der Waals surface area contributed by atoms with E-state index in [1.807, 2.05) is 0 Å². The van der Waals surface area contributed by atoms with E-state index < -0.39 is 0 Å². The minimum atomic E-state index is -0.373. The van der Waals surface area contributed by atoms with Crippen LogP contribution in [0.5, 0.6) is 0 Å². The maximum atomic E-state index is 10.4. The maximum absolute atomic E-state index is 10.4. The molecule has 0 aromatic rings. The highest BCUT2D eigenvalue weighted by Crippen LogP contribution is 2.28. The van der Waals surface area contributed by atoms with Gasteiger partial charge in [0.1, 0.15) is 0 Å². The Bertz CT molecular complexity index is 118. The summed E-state index contributed by atoms with van der Waals surface area (Å²) in [5.41, 5.74) is -0.373. The molecule has 1 fully saturated rings. The van der Waals surface area contributed by atoms with Crippen molar-refractivity contribution in [2.45, 2.75) is 6.92 Å². The molecule has 0 unspecified atom stereocenters. The summed E-state index contributed by atoms with van der Waals surface area (Å²) in [6.45, 7) is 2.76. The lowest BCUT2D eigenvalue weighted by molar-refractivity contribution is -0.146. The Hall–Kier alpha value is -0.0800. The van der Waals surface area contributed by atoms with E-state index in [0.29, 0.717) is 13.2 Å². The predicted molar refractivity (Wildman–Crippen MR) is 29.8 cm³/mol. The summed E-state index contributed by atoms with van der Waals surface area (Å²) in [7, 11) is 0. The summed E-state index contributed by atoms with van der Waals surface area (Å²) in [6.07, 6.45) is 0. The highest BCUT2D eigenvalue weighted by atomic mass is 35.5. The zero-order chi connectivity index (χ0) is 6.20. The number of hydrogen-bond donors (Lipinski definition) is 0. The van der Waals surface area contributed by atoms with Crippen molar-refractivity contribution in [2.75, 3.05) is 13.2 Å². The van der Waals surface area contributed by atoms with Gasteiger partial charge in [-0.1, -0.05) is 0 Å². The highest BCUT2D eigenvalue weighted by Gasteiger charge is 2.39. The van der Waals surface area contributed by atoms with Gasteiger partial charge in [0.2, 0.25) is 5.24 Å². The number of carbonyl (C=O) groups is 1. The second-order valence-corrected chi connectivity index (χ2v) is 2.67. The number of halogens is 1. The fourth-order valence-corrected chi connectivity index (χ4v) is 0.631. The molecule has 0 bridgehead atoms. The van der Waals surface area contributed by atoms with Gasteiger partial charge in [0, 0.05) is 0 Å². The van der Waals surface area contributed by atoms with Crippen LogP contribution in [0, 0.1) is 5.41 Å². The Morgan fingerprint density at radius 2 is 2.25 bits per heavy atom. The van der Waals surface area contributed by atoms with Crippen molar-refractivity contribution in [3.8, 4) is 0 Å². The Morgan fingerprint density at radius 1 is 1.75 bits per heavy atom. The molecular formula is C5H7ClO2. The Balaban J connectivity index is 2.53. The van der Waals surface area contributed by atoms with Gasteiger partial charge in [-0.3, -0.25) is 4.79 Å². The standard InChI is InChI=1S/C5H7ClO2/c1-5(4(6)7)2-8-3-5/h2-3H2,1H3.